The predicted molar refractivity (Wildman–Crippen MR) is 156 cm³/mol. The summed E-state index contributed by atoms with van der Waals surface area (Å²) in [5.41, 5.74) is 10.2. The Morgan fingerprint density at radius 3 is 2.66 bits per heavy atom. The molecule has 0 bridgehead atoms. The summed E-state index contributed by atoms with van der Waals surface area (Å²) in [4.78, 5) is 14.8. The smallest absolute Gasteiger partial charge is 0.245 e. The van der Waals surface area contributed by atoms with Crippen molar-refractivity contribution in [3.05, 3.63) is 78.0 Å². The summed E-state index contributed by atoms with van der Waals surface area (Å²) in [6.07, 6.45) is 3.31. The van der Waals surface area contributed by atoms with Crippen molar-refractivity contribution in [3.8, 4) is 22.6 Å². The number of benzene rings is 2. The first-order valence-corrected chi connectivity index (χ1v) is 13.2. The Hall–Kier alpha value is -4.81. The molecule has 12 heteroatoms. The van der Waals surface area contributed by atoms with Crippen LogP contribution in [0.4, 0.5) is 27.5 Å². The monoisotopic (exact) mass is 558 g/mol. The van der Waals surface area contributed by atoms with E-state index >= 15 is 0 Å². The summed E-state index contributed by atoms with van der Waals surface area (Å²) < 4.78 is 19.6. The first kappa shape index (κ1) is 27.7. The largest absolute Gasteiger partial charge is 0.508 e. The van der Waals surface area contributed by atoms with Crippen molar-refractivity contribution in [2.24, 2.45) is 5.10 Å². The molecule has 2 aromatic carbocycles. The SMILES string of the molecule is CCc1nc(/C=N/Nc2ncc(F)c(N3CCOCC3)n2)ccc1N(NC)c1ccc(-c2cccc(O)c2)c(O)c1. The number of nitrogens with one attached hydrogen (secondary N) is 2. The fourth-order valence-corrected chi connectivity index (χ4v) is 4.58. The molecule has 0 saturated carbocycles. The summed E-state index contributed by atoms with van der Waals surface area (Å²) in [5, 5.41) is 26.6. The van der Waals surface area contributed by atoms with Gasteiger partial charge < -0.3 is 19.8 Å². The van der Waals surface area contributed by atoms with Crippen molar-refractivity contribution < 1.29 is 19.3 Å². The lowest BCUT2D eigenvalue weighted by molar-refractivity contribution is 0.122. The molecule has 0 unspecified atom stereocenters. The molecule has 0 radical (unpaired) electrons. The number of hydrazine groups is 1. The number of hydrogen-bond acceptors (Lipinski definition) is 11. The van der Waals surface area contributed by atoms with Crippen LogP contribution in [0.15, 0.2) is 65.9 Å². The van der Waals surface area contributed by atoms with Crippen LogP contribution < -0.4 is 20.8 Å². The molecule has 1 saturated heterocycles. The number of nitrogens with zero attached hydrogens (tertiary/aromatic N) is 6. The van der Waals surface area contributed by atoms with Gasteiger partial charge in [0.1, 0.15) is 11.5 Å². The Morgan fingerprint density at radius 2 is 1.93 bits per heavy atom. The summed E-state index contributed by atoms with van der Waals surface area (Å²) in [5.74, 6) is 0.0941. The van der Waals surface area contributed by atoms with Crippen molar-refractivity contribution in [1.82, 2.24) is 20.4 Å². The van der Waals surface area contributed by atoms with Crippen molar-refractivity contribution in [2.75, 3.05) is 48.7 Å². The van der Waals surface area contributed by atoms with E-state index in [0.29, 0.717) is 55.2 Å². The molecule has 4 aromatic rings. The van der Waals surface area contributed by atoms with E-state index in [9.17, 15) is 14.6 Å². The highest BCUT2D eigenvalue weighted by Crippen LogP contribution is 2.36. The topological polar surface area (TPSA) is 131 Å². The zero-order valence-corrected chi connectivity index (χ0v) is 22.8. The lowest BCUT2D eigenvalue weighted by atomic mass is 10.0. The van der Waals surface area contributed by atoms with Gasteiger partial charge >= 0.3 is 0 Å². The summed E-state index contributed by atoms with van der Waals surface area (Å²) in [6.45, 7) is 4.14. The number of phenols is 2. The number of hydrazone groups is 1. The molecule has 0 amide bonds. The molecule has 11 nitrogen and oxygen atoms in total. The number of ether oxygens (including phenoxy) is 1. The van der Waals surface area contributed by atoms with E-state index in [-0.39, 0.29) is 23.3 Å². The fraction of sp³-hybridized carbons (Fsp3) is 0.241. The summed E-state index contributed by atoms with van der Waals surface area (Å²) in [6, 6.07) is 15.8. The molecule has 41 heavy (non-hydrogen) atoms. The Morgan fingerprint density at radius 1 is 1.10 bits per heavy atom. The number of aromatic nitrogens is 3. The number of aryl methyl sites for hydroxylation is 1. The third kappa shape index (κ3) is 6.34. The van der Waals surface area contributed by atoms with Crippen LogP contribution in [0, 0.1) is 5.82 Å². The summed E-state index contributed by atoms with van der Waals surface area (Å²) >= 11 is 0. The number of aromatic hydroxyl groups is 2. The number of halogens is 1. The molecule has 1 aliphatic rings. The van der Waals surface area contributed by atoms with E-state index in [1.165, 1.54) is 0 Å². The molecule has 5 rings (SSSR count). The minimum Gasteiger partial charge on any atom is -0.508 e. The van der Waals surface area contributed by atoms with Crippen LogP contribution >= 0.6 is 0 Å². The standard InChI is InChI=1S/C29H31FN8O3/c1-3-25-26(38(31-2)21-8-9-23(27(40)16-21)19-5-4-6-22(39)15-19)10-7-20(34-25)17-33-36-29-32-18-24(30)28(35-29)37-11-13-41-14-12-37/h4-10,15-18,31,39-40H,3,11-14H2,1-2H3,(H,32,35,36)/b33-17+. The van der Waals surface area contributed by atoms with E-state index < -0.39 is 5.82 Å². The zero-order valence-electron chi connectivity index (χ0n) is 22.8. The number of hydrogen-bond donors (Lipinski definition) is 4. The fourth-order valence-electron chi connectivity index (χ4n) is 4.58. The van der Waals surface area contributed by atoms with Gasteiger partial charge in [0.25, 0.3) is 0 Å². The van der Waals surface area contributed by atoms with Gasteiger partial charge in [0.15, 0.2) is 11.6 Å². The Bertz CT molecular complexity index is 1540. The van der Waals surface area contributed by atoms with Crippen LogP contribution in [0.2, 0.25) is 0 Å². The average Bonchev–Trinajstić information content (AvgIpc) is 2.99. The lowest BCUT2D eigenvalue weighted by Gasteiger charge is -2.27. The van der Waals surface area contributed by atoms with Gasteiger partial charge in [-0.05, 0) is 48.4 Å². The molecular formula is C29H31FN8O3. The van der Waals surface area contributed by atoms with Crippen LogP contribution in [0.5, 0.6) is 11.5 Å². The average molecular weight is 559 g/mol. The van der Waals surface area contributed by atoms with Crippen molar-refractivity contribution in [3.63, 3.8) is 0 Å². The number of morpholine rings is 1. The van der Waals surface area contributed by atoms with Crippen LogP contribution in [-0.4, -0.2) is 64.7 Å². The van der Waals surface area contributed by atoms with Gasteiger partial charge in [-0.3, -0.25) is 5.01 Å². The van der Waals surface area contributed by atoms with Gasteiger partial charge in [0.05, 0.1) is 48.4 Å². The van der Waals surface area contributed by atoms with Crippen LogP contribution in [0.25, 0.3) is 11.1 Å². The molecule has 1 fully saturated rings. The molecule has 2 aromatic heterocycles. The second-order valence-corrected chi connectivity index (χ2v) is 9.20. The van der Waals surface area contributed by atoms with Gasteiger partial charge in [0, 0.05) is 31.8 Å². The maximum absolute atomic E-state index is 14.3. The van der Waals surface area contributed by atoms with Gasteiger partial charge in [-0.2, -0.15) is 10.1 Å². The molecule has 3 heterocycles. The van der Waals surface area contributed by atoms with Crippen LogP contribution in [0.3, 0.4) is 0 Å². The van der Waals surface area contributed by atoms with E-state index in [0.717, 1.165) is 17.6 Å². The normalized spacial score (nSPS) is 13.5. The highest BCUT2D eigenvalue weighted by molar-refractivity contribution is 5.80. The number of pyridine rings is 1. The van der Waals surface area contributed by atoms with E-state index in [1.54, 1.807) is 43.6 Å². The highest BCUT2D eigenvalue weighted by Gasteiger charge is 2.18. The first-order valence-electron chi connectivity index (χ1n) is 13.2. The van der Waals surface area contributed by atoms with Crippen molar-refractivity contribution in [2.45, 2.75) is 13.3 Å². The van der Waals surface area contributed by atoms with Gasteiger partial charge in [0.2, 0.25) is 5.95 Å². The predicted octanol–water partition coefficient (Wildman–Crippen LogP) is 4.21. The Balaban J connectivity index is 1.33. The second kappa shape index (κ2) is 12.6. The zero-order chi connectivity index (χ0) is 28.8. The maximum Gasteiger partial charge on any atom is 0.245 e. The molecule has 212 valence electrons. The number of phenolic OH excluding ortho intramolecular Hbond substituents is 2. The lowest BCUT2D eigenvalue weighted by Crippen LogP contribution is -2.37. The molecular weight excluding hydrogens is 527 g/mol. The second-order valence-electron chi connectivity index (χ2n) is 9.20. The van der Waals surface area contributed by atoms with Gasteiger partial charge in [-0.25, -0.2) is 25.2 Å². The van der Waals surface area contributed by atoms with E-state index in [1.807, 2.05) is 41.1 Å². The molecule has 4 N–H and O–H groups in total. The quantitative estimate of drug-likeness (QED) is 0.175. The Kier molecular flexibility index (Phi) is 8.51. The number of rotatable bonds is 9. The third-order valence-corrected chi connectivity index (χ3v) is 6.57. The van der Waals surface area contributed by atoms with Crippen molar-refractivity contribution in [1.29, 1.82) is 0 Å². The van der Waals surface area contributed by atoms with Gasteiger partial charge in [-0.15, -0.1) is 0 Å². The molecule has 0 aliphatic carbocycles. The minimum absolute atomic E-state index is 0.0778. The van der Waals surface area contributed by atoms with Gasteiger partial charge in [-0.1, -0.05) is 19.1 Å². The van der Waals surface area contributed by atoms with E-state index in [4.69, 9.17) is 9.72 Å². The first-order chi connectivity index (χ1) is 20.0. The third-order valence-electron chi connectivity index (χ3n) is 6.57. The van der Waals surface area contributed by atoms with E-state index in [2.05, 4.69) is 25.9 Å². The maximum atomic E-state index is 14.3. The van der Waals surface area contributed by atoms with Crippen LogP contribution in [0.1, 0.15) is 18.3 Å². The van der Waals surface area contributed by atoms with Crippen LogP contribution in [-0.2, 0) is 11.2 Å². The highest BCUT2D eigenvalue weighted by atomic mass is 19.1. The molecule has 0 spiro atoms. The molecule has 1 aliphatic heterocycles. The minimum atomic E-state index is -0.498. The van der Waals surface area contributed by atoms with Crippen molar-refractivity contribution >= 4 is 29.4 Å². The Labute approximate surface area is 236 Å². The summed E-state index contributed by atoms with van der Waals surface area (Å²) in [7, 11) is 1.78. The number of anilines is 4. The molecule has 0 atom stereocenters.